The number of benzene rings is 3. The summed E-state index contributed by atoms with van der Waals surface area (Å²) in [7, 11) is 0. The number of hydrogen-bond acceptors (Lipinski definition) is 2. The molecule has 2 nitrogen and oxygen atoms in total. The molecule has 0 heterocycles. The molecule has 0 fully saturated rings. The molecule has 0 bridgehead atoms. The summed E-state index contributed by atoms with van der Waals surface area (Å²) in [6.45, 7) is 6.46. The van der Waals surface area contributed by atoms with Gasteiger partial charge in [-0.15, -0.1) is 0 Å². The van der Waals surface area contributed by atoms with Crippen molar-refractivity contribution < 1.29 is 31.4 Å². The SMILES string of the molecule is CCCN(CCC)CCC(O)c1cc2ccc(C(F)(F)F)cc2c2cc(C(F)(F)F)ccc12. The van der Waals surface area contributed by atoms with Gasteiger partial charge in [0, 0.05) is 6.54 Å². The van der Waals surface area contributed by atoms with Crippen LogP contribution in [-0.4, -0.2) is 29.6 Å². The van der Waals surface area contributed by atoms with Crippen molar-refractivity contribution in [1.82, 2.24) is 4.90 Å². The summed E-state index contributed by atoms with van der Waals surface area (Å²) in [5.74, 6) is 0. The van der Waals surface area contributed by atoms with Crippen LogP contribution in [0, 0.1) is 0 Å². The van der Waals surface area contributed by atoms with Crippen molar-refractivity contribution in [2.45, 2.75) is 51.6 Å². The van der Waals surface area contributed by atoms with E-state index in [0.29, 0.717) is 29.3 Å². The van der Waals surface area contributed by atoms with E-state index in [4.69, 9.17) is 0 Å². The van der Waals surface area contributed by atoms with E-state index in [1.807, 2.05) is 0 Å². The molecule has 3 aromatic rings. The average molecular weight is 471 g/mol. The van der Waals surface area contributed by atoms with Gasteiger partial charge < -0.3 is 10.0 Å². The fourth-order valence-electron chi connectivity index (χ4n) is 4.24. The van der Waals surface area contributed by atoms with Crippen molar-refractivity contribution in [2.75, 3.05) is 19.6 Å². The van der Waals surface area contributed by atoms with E-state index in [9.17, 15) is 31.4 Å². The van der Waals surface area contributed by atoms with Crippen LogP contribution in [0.4, 0.5) is 26.3 Å². The molecule has 0 saturated heterocycles. The van der Waals surface area contributed by atoms with Crippen LogP contribution in [-0.2, 0) is 12.4 Å². The van der Waals surface area contributed by atoms with Crippen LogP contribution in [0.2, 0.25) is 0 Å². The molecule has 0 amide bonds. The first-order chi connectivity index (χ1) is 15.5. The maximum absolute atomic E-state index is 13.4. The van der Waals surface area contributed by atoms with E-state index in [1.54, 1.807) is 6.07 Å². The van der Waals surface area contributed by atoms with Gasteiger partial charge >= 0.3 is 12.4 Å². The minimum Gasteiger partial charge on any atom is -0.388 e. The molecule has 33 heavy (non-hydrogen) atoms. The number of rotatable bonds is 8. The molecular formula is C25H27F6NO. The van der Waals surface area contributed by atoms with Gasteiger partial charge in [0.15, 0.2) is 0 Å². The van der Waals surface area contributed by atoms with Crippen molar-refractivity contribution in [1.29, 1.82) is 0 Å². The van der Waals surface area contributed by atoms with Gasteiger partial charge in [0.2, 0.25) is 0 Å². The quantitative estimate of drug-likeness (QED) is 0.270. The molecule has 0 saturated carbocycles. The second-order valence-corrected chi connectivity index (χ2v) is 8.30. The first kappa shape index (κ1) is 25.3. The van der Waals surface area contributed by atoms with Crippen LogP contribution in [0.1, 0.15) is 55.9 Å². The summed E-state index contributed by atoms with van der Waals surface area (Å²) in [5, 5.41) is 11.7. The lowest BCUT2D eigenvalue weighted by molar-refractivity contribution is -0.138. The van der Waals surface area contributed by atoms with Crippen molar-refractivity contribution in [3.8, 4) is 0 Å². The van der Waals surface area contributed by atoms with E-state index in [2.05, 4.69) is 18.7 Å². The normalized spacial score (nSPS) is 13.9. The fourth-order valence-corrected chi connectivity index (χ4v) is 4.24. The smallest absolute Gasteiger partial charge is 0.388 e. The summed E-state index contributed by atoms with van der Waals surface area (Å²) in [4.78, 5) is 2.21. The highest BCUT2D eigenvalue weighted by atomic mass is 19.4. The van der Waals surface area contributed by atoms with Gasteiger partial charge in [-0.2, -0.15) is 26.3 Å². The lowest BCUT2D eigenvalue weighted by atomic mass is 9.91. The highest BCUT2D eigenvalue weighted by Crippen LogP contribution is 2.40. The Hall–Kier alpha value is -2.32. The topological polar surface area (TPSA) is 23.5 Å². The summed E-state index contributed by atoms with van der Waals surface area (Å²) >= 11 is 0. The van der Waals surface area contributed by atoms with Crippen LogP contribution in [0.25, 0.3) is 21.5 Å². The third kappa shape index (κ3) is 5.79. The number of aliphatic hydroxyl groups is 1. The van der Waals surface area contributed by atoms with Gasteiger partial charge in [0.1, 0.15) is 0 Å². The van der Waals surface area contributed by atoms with E-state index >= 15 is 0 Å². The number of nitrogens with zero attached hydrogens (tertiary/aromatic N) is 1. The monoisotopic (exact) mass is 471 g/mol. The highest BCUT2D eigenvalue weighted by Gasteiger charge is 2.32. The second-order valence-electron chi connectivity index (χ2n) is 8.30. The molecule has 8 heteroatoms. The first-order valence-electron chi connectivity index (χ1n) is 11.0. The van der Waals surface area contributed by atoms with Crippen LogP contribution in [0.5, 0.6) is 0 Å². The van der Waals surface area contributed by atoms with E-state index < -0.39 is 29.6 Å². The number of alkyl halides is 6. The Bertz CT molecular complexity index is 1100. The lowest BCUT2D eigenvalue weighted by Crippen LogP contribution is -2.27. The van der Waals surface area contributed by atoms with Crippen molar-refractivity contribution in [3.63, 3.8) is 0 Å². The Morgan fingerprint density at radius 2 is 1.27 bits per heavy atom. The lowest BCUT2D eigenvalue weighted by Gasteiger charge is -2.23. The second kappa shape index (κ2) is 9.89. The molecule has 3 rings (SSSR count). The predicted octanol–water partition coefficient (Wildman–Crippen LogP) is 7.58. The molecule has 0 spiro atoms. The number of halogens is 6. The molecular weight excluding hydrogens is 444 g/mol. The van der Waals surface area contributed by atoms with E-state index in [0.717, 1.165) is 50.2 Å². The highest BCUT2D eigenvalue weighted by molar-refractivity contribution is 6.09. The van der Waals surface area contributed by atoms with Crippen LogP contribution >= 0.6 is 0 Å². The molecule has 1 atom stereocenters. The molecule has 0 radical (unpaired) electrons. The Morgan fingerprint density at radius 1 is 0.727 bits per heavy atom. The van der Waals surface area contributed by atoms with Crippen LogP contribution in [0.15, 0.2) is 42.5 Å². The summed E-state index contributed by atoms with van der Waals surface area (Å²) in [6.07, 6.45) is -7.96. The van der Waals surface area contributed by atoms with Crippen molar-refractivity contribution in [2.24, 2.45) is 0 Å². The molecule has 3 aromatic carbocycles. The number of hydrogen-bond donors (Lipinski definition) is 1. The fraction of sp³-hybridized carbons (Fsp3) is 0.440. The van der Waals surface area contributed by atoms with Gasteiger partial charge in [-0.1, -0.05) is 26.0 Å². The van der Waals surface area contributed by atoms with Crippen molar-refractivity contribution in [3.05, 3.63) is 59.2 Å². The van der Waals surface area contributed by atoms with Crippen LogP contribution in [0.3, 0.4) is 0 Å². The number of aliphatic hydroxyl groups excluding tert-OH is 1. The maximum atomic E-state index is 13.4. The number of fused-ring (bicyclic) bond motifs is 3. The summed E-state index contributed by atoms with van der Waals surface area (Å²) < 4.78 is 79.9. The Kier molecular flexibility index (Phi) is 7.59. The third-order valence-corrected chi connectivity index (χ3v) is 5.80. The Labute approximate surface area is 188 Å². The minimum absolute atomic E-state index is 0.0430. The zero-order valence-corrected chi connectivity index (χ0v) is 18.5. The Balaban J connectivity index is 2.13. The molecule has 180 valence electrons. The van der Waals surface area contributed by atoms with Gasteiger partial charge in [0.25, 0.3) is 0 Å². The molecule has 0 aliphatic rings. The minimum atomic E-state index is -4.64. The average Bonchev–Trinajstić information content (AvgIpc) is 2.75. The van der Waals surface area contributed by atoms with E-state index in [-0.39, 0.29) is 10.8 Å². The molecule has 0 aromatic heterocycles. The summed E-state index contributed by atoms with van der Waals surface area (Å²) in [6, 6.07) is 7.62. The van der Waals surface area contributed by atoms with Crippen LogP contribution < -0.4 is 0 Å². The van der Waals surface area contributed by atoms with Crippen molar-refractivity contribution >= 4 is 21.5 Å². The molecule has 0 aliphatic heterocycles. The van der Waals surface area contributed by atoms with Gasteiger partial charge in [-0.25, -0.2) is 0 Å². The predicted molar refractivity (Wildman–Crippen MR) is 118 cm³/mol. The Morgan fingerprint density at radius 3 is 1.82 bits per heavy atom. The molecule has 1 unspecified atom stereocenters. The maximum Gasteiger partial charge on any atom is 0.416 e. The van der Waals surface area contributed by atoms with Gasteiger partial charge in [-0.05, 0) is 89.8 Å². The third-order valence-electron chi connectivity index (χ3n) is 5.80. The van der Waals surface area contributed by atoms with E-state index in [1.165, 1.54) is 12.1 Å². The first-order valence-corrected chi connectivity index (χ1v) is 11.0. The standard InChI is InChI=1S/C25H27F6NO/c1-3-10-32(11-4-2)12-9-23(33)22-13-16-5-6-17(24(26,27)28)14-20(16)21-15-18(25(29,30)31)7-8-19(21)22/h5-8,13-15,23,33H,3-4,9-12H2,1-2H3. The van der Waals surface area contributed by atoms with Gasteiger partial charge in [-0.3, -0.25) is 0 Å². The zero-order valence-electron chi connectivity index (χ0n) is 18.5. The summed E-state index contributed by atoms with van der Waals surface area (Å²) in [5.41, 5.74) is -1.46. The molecule has 0 aliphatic carbocycles. The van der Waals surface area contributed by atoms with Gasteiger partial charge in [0.05, 0.1) is 17.2 Å². The largest absolute Gasteiger partial charge is 0.416 e. The molecule has 1 N–H and O–H groups in total. The zero-order chi connectivity index (χ0) is 24.4.